The molecule has 0 heterocycles. The summed E-state index contributed by atoms with van der Waals surface area (Å²) in [5.41, 5.74) is 0. The standard InChI is InChI=1S/C10H18O3/c1-3-4-5-6-7-8-9-13-10(11)12-2/h3H,1,4-9H2,2H3. The molecule has 0 bridgehead atoms. The summed E-state index contributed by atoms with van der Waals surface area (Å²) >= 11 is 0. The van der Waals surface area contributed by atoms with Crippen molar-refractivity contribution in [2.45, 2.75) is 32.1 Å². The van der Waals surface area contributed by atoms with Crippen LogP contribution >= 0.6 is 0 Å². The SMILES string of the molecule is C=CCCCCCCOC(=O)OC. The van der Waals surface area contributed by atoms with Crippen LogP contribution in [0.5, 0.6) is 0 Å². The van der Waals surface area contributed by atoms with Gasteiger partial charge in [-0.3, -0.25) is 0 Å². The molecule has 0 amide bonds. The first-order chi connectivity index (χ1) is 6.31. The maximum absolute atomic E-state index is 10.5. The van der Waals surface area contributed by atoms with E-state index < -0.39 is 6.16 Å². The van der Waals surface area contributed by atoms with Crippen molar-refractivity contribution >= 4 is 6.16 Å². The molecule has 0 atom stereocenters. The van der Waals surface area contributed by atoms with Crippen molar-refractivity contribution in [3.8, 4) is 0 Å². The number of ether oxygens (including phenoxy) is 2. The van der Waals surface area contributed by atoms with E-state index in [1.54, 1.807) is 0 Å². The van der Waals surface area contributed by atoms with Crippen molar-refractivity contribution in [2.24, 2.45) is 0 Å². The van der Waals surface area contributed by atoms with E-state index in [4.69, 9.17) is 4.74 Å². The predicted molar refractivity (Wildman–Crippen MR) is 51.6 cm³/mol. The summed E-state index contributed by atoms with van der Waals surface area (Å²) in [6, 6.07) is 0. The number of unbranched alkanes of at least 4 members (excludes halogenated alkanes) is 4. The van der Waals surface area contributed by atoms with E-state index >= 15 is 0 Å². The summed E-state index contributed by atoms with van der Waals surface area (Å²) in [6.45, 7) is 4.10. The number of carbonyl (C=O) groups is 1. The monoisotopic (exact) mass is 186 g/mol. The molecular formula is C10H18O3. The highest BCUT2D eigenvalue weighted by Crippen LogP contribution is 2.03. The number of carbonyl (C=O) groups excluding carboxylic acids is 1. The van der Waals surface area contributed by atoms with Crippen LogP contribution in [0.15, 0.2) is 12.7 Å². The summed E-state index contributed by atoms with van der Waals surface area (Å²) < 4.78 is 9.04. The molecule has 0 aliphatic carbocycles. The van der Waals surface area contributed by atoms with Crippen molar-refractivity contribution in [1.82, 2.24) is 0 Å². The maximum Gasteiger partial charge on any atom is 0.507 e. The lowest BCUT2D eigenvalue weighted by Crippen LogP contribution is -2.05. The highest BCUT2D eigenvalue weighted by molar-refractivity contribution is 5.59. The van der Waals surface area contributed by atoms with E-state index in [1.807, 2.05) is 6.08 Å². The molecule has 0 unspecified atom stereocenters. The van der Waals surface area contributed by atoms with Crippen LogP contribution in [-0.4, -0.2) is 19.9 Å². The smallest absolute Gasteiger partial charge is 0.438 e. The molecule has 0 aromatic carbocycles. The third-order valence-corrected chi connectivity index (χ3v) is 1.69. The zero-order valence-corrected chi connectivity index (χ0v) is 8.25. The van der Waals surface area contributed by atoms with Gasteiger partial charge in [-0.15, -0.1) is 6.58 Å². The zero-order chi connectivity index (χ0) is 9.94. The van der Waals surface area contributed by atoms with Crippen molar-refractivity contribution < 1.29 is 14.3 Å². The molecular weight excluding hydrogens is 168 g/mol. The van der Waals surface area contributed by atoms with Gasteiger partial charge in [-0.25, -0.2) is 4.79 Å². The summed E-state index contributed by atoms with van der Waals surface area (Å²) in [7, 11) is 1.31. The van der Waals surface area contributed by atoms with Gasteiger partial charge in [0.25, 0.3) is 0 Å². The van der Waals surface area contributed by atoms with Gasteiger partial charge < -0.3 is 9.47 Å². The molecule has 13 heavy (non-hydrogen) atoms. The lowest BCUT2D eigenvalue weighted by Gasteiger charge is -2.02. The Kier molecular flexibility index (Phi) is 8.41. The molecule has 0 N–H and O–H groups in total. The minimum absolute atomic E-state index is 0.459. The maximum atomic E-state index is 10.5. The van der Waals surface area contributed by atoms with Gasteiger partial charge in [0.15, 0.2) is 0 Å². The van der Waals surface area contributed by atoms with Crippen LogP contribution in [0, 0.1) is 0 Å². The topological polar surface area (TPSA) is 35.5 Å². The average Bonchev–Trinajstić information content (AvgIpc) is 2.16. The largest absolute Gasteiger partial charge is 0.507 e. The average molecular weight is 186 g/mol. The van der Waals surface area contributed by atoms with Gasteiger partial charge in [-0.05, 0) is 19.3 Å². The van der Waals surface area contributed by atoms with Crippen molar-refractivity contribution in [3.05, 3.63) is 12.7 Å². The van der Waals surface area contributed by atoms with Crippen LogP contribution in [0.4, 0.5) is 4.79 Å². The van der Waals surface area contributed by atoms with Crippen LogP contribution < -0.4 is 0 Å². The molecule has 0 aliphatic heterocycles. The second-order valence-electron chi connectivity index (χ2n) is 2.79. The van der Waals surface area contributed by atoms with E-state index in [0.29, 0.717) is 6.61 Å². The highest BCUT2D eigenvalue weighted by Gasteiger charge is 1.98. The second-order valence-corrected chi connectivity index (χ2v) is 2.79. The van der Waals surface area contributed by atoms with E-state index in [2.05, 4.69) is 11.3 Å². The molecule has 0 aromatic heterocycles. The normalized spacial score (nSPS) is 9.31. The van der Waals surface area contributed by atoms with Crippen LogP contribution in [0.1, 0.15) is 32.1 Å². The minimum Gasteiger partial charge on any atom is -0.438 e. The molecule has 0 fully saturated rings. The van der Waals surface area contributed by atoms with Gasteiger partial charge in [-0.1, -0.05) is 18.9 Å². The molecule has 0 spiro atoms. The van der Waals surface area contributed by atoms with Gasteiger partial charge >= 0.3 is 6.16 Å². The quantitative estimate of drug-likeness (QED) is 0.348. The van der Waals surface area contributed by atoms with Gasteiger partial charge in [0, 0.05) is 0 Å². The molecule has 0 saturated carbocycles. The Morgan fingerprint density at radius 2 is 2.00 bits per heavy atom. The summed E-state index contributed by atoms with van der Waals surface area (Å²) in [4.78, 5) is 10.5. The summed E-state index contributed by atoms with van der Waals surface area (Å²) in [5, 5.41) is 0. The third kappa shape index (κ3) is 8.92. The van der Waals surface area contributed by atoms with Crippen LogP contribution in [0.3, 0.4) is 0 Å². The Morgan fingerprint density at radius 1 is 1.31 bits per heavy atom. The van der Waals surface area contributed by atoms with Crippen molar-refractivity contribution in [2.75, 3.05) is 13.7 Å². The molecule has 76 valence electrons. The molecule has 3 nitrogen and oxygen atoms in total. The van der Waals surface area contributed by atoms with Crippen LogP contribution in [0.2, 0.25) is 0 Å². The number of hydrogen-bond acceptors (Lipinski definition) is 3. The zero-order valence-electron chi connectivity index (χ0n) is 8.25. The van der Waals surface area contributed by atoms with Crippen molar-refractivity contribution in [3.63, 3.8) is 0 Å². The van der Waals surface area contributed by atoms with E-state index in [0.717, 1.165) is 25.7 Å². The first kappa shape index (κ1) is 12.0. The van der Waals surface area contributed by atoms with Crippen molar-refractivity contribution in [1.29, 1.82) is 0 Å². The fraction of sp³-hybridized carbons (Fsp3) is 0.700. The lowest BCUT2D eigenvalue weighted by molar-refractivity contribution is 0.0713. The second kappa shape index (κ2) is 9.10. The Bertz CT molecular complexity index is 143. The molecule has 0 rings (SSSR count). The Balaban J connectivity index is 2.99. The van der Waals surface area contributed by atoms with Gasteiger partial charge in [0.2, 0.25) is 0 Å². The Morgan fingerprint density at radius 3 is 2.62 bits per heavy atom. The van der Waals surface area contributed by atoms with E-state index in [1.165, 1.54) is 13.5 Å². The van der Waals surface area contributed by atoms with Gasteiger partial charge in [0.1, 0.15) is 0 Å². The summed E-state index contributed by atoms with van der Waals surface area (Å²) in [5.74, 6) is 0. The Hall–Kier alpha value is -0.990. The predicted octanol–water partition coefficient (Wildman–Crippen LogP) is 2.91. The highest BCUT2D eigenvalue weighted by atomic mass is 16.7. The van der Waals surface area contributed by atoms with Crippen LogP contribution in [-0.2, 0) is 9.47 Å². The van der Waals surface area contributed by atoms with Crippen LogP contribution in [0.25, 0.3) is 0 Å². The minimum atomic E-state index is -0.592. The molecule has 0 radical (unpaired) electrons. The van der Waals surface area contributed by atoms with E-state index in [9.17, 15) is 4.79 Å². The number of allylic oxidation sites excluding steroid dienone is 1. The molecule has 0 saturated heterocycles. The first-order valence-corrected chi connectivity index (χ1v) is 4.63. The third-order valence-electron chi connectivity index (χ3n) is 1.69. The fourth-order valence-corrected chi connectivity index (χ4v) is 0.959. The van der Waals surface area contributed by atoms with E-state index in [-0.39, 0.29) is 0 Å². The van der Waals surface area contributed by atoms with Gasteiger partial charge in [-0.2, -0.15) is 0 Å². The fourth-order valence-electron chi connectivity index (χ4n) is 0.959. The first-order valence-electron chi connectivity index (χ1n) is 4.63. The molecule has 3 heteroatoms. The lowest BCUT2D eigenvalue weighted by atomic mass is 10.1. The molecule has 0 aliphatic rings. The number of hydrogen-bond donors (Lipinski definition) is 0. The Labute approximate surface area is 79.7 Å². The number of methoxy groups -OCH3 is 1. The summed E-state index contributed by atoms with van der Waals surface area (Å²) in [6.07, 6.45) is 6.73. The molecule has 0 aromatic rings. The van der Waals surface area contributed by atoms with Gasteiger partial charge in [0.05, 0.1) is 13.7 Å². The number of rotatable bonds is 7.